The van der Waals surface area contributed by atoms with E-state index >= 15 is 0 Å². The first-order chi connectivity index (χ1) is 10.6. The molecule has 0 aromatic rings. The first kappa shape index (κ1) is 24.3. The minimum absolute atomic E-state index is 0.167. The average molecular weight is 376 g/mol. The summed E-state index contributed by atoms with van der Waals surface area (Å²) in [5, 5.41) is 0.467. The fourth-order valence-electron chi connectivity index (χ4n) is 2.01. The lowest BCUT2D eigenvalue weighted by Gasteiger charge is -2.42. The fourth-order valence-corrected chi connectivity index (χ4v) is 4.37. The van der Waals surface area contributed by atoms with Crippen LogP contribution in [0.25, 0.3) is 0 Å². The van der Waals surface area contributed by atoms with Gasteiger partial charge in [0.2, 0.25) is 0 Å². The maximum atomic E-state index is 6.74. The van der Waals surface area contributed by atoms with Gasteiger partial charge in [-0.1, -0.05) is 55.4 Å². The van der Waals surface area contributed by atoms with Crippen LogP contribution in [0.3, 0.4) is 0 Å². The van der Waals surface area contributed by atoms with E-state index in [0.717, 1.165) is 26.2 Å². The van der Waals surface area contributed by atoms with Gasteiger partial charge in [-0.3, -0.25) is 0 Å². The molecule has 0 saturated carbocycles. The van der Waals surface area contributed by atoms with E-state index in [4.69, 9.17) is 8.85 Å². The second-order valence-electron chi connectivity index (χ2n) is 10.1. The van der Waals surface area contributed by atoms with E-state index in [1.165, 1.54) is 0 Å². The van der Waals surface area contributed by atoms with Crippen molar-refractivity contribution in [3.05, 3.63) is 0 Å². The maximum absolute atomic E-state index is 6.74. The van der Waals surface area contributed by atoms with Crippen molar-refractivity contribution in [2.24, 2.45) is 0 Å². The van der Waals surface area contributed by atoms with Crippen molar-refractivity contribution in [2.45, 2.75) is 97.8 Å². The Balaban J connectivity index is 5.15. The predicted molar refractivity (Wildman–Crippen MR) is 113 cm³/mol. The maximum Gasteiger partial charge on any atom is 0.192 e. The van der Waals surface area contributed by atoms with Crippen molar-refractivity contribution in [2.75, 3.05) is 26.2 Å². The Bertz CT molecular complexity index is 367. The van der Waals surface area contributed by atoms with E-state index in [1.807, 2.05) is 0 Å². The smallest absolute Gasteiger partial charge is 0.192 e. The lowest BCUT2D eigenvalue weighted by Crippen LogP contribution is -2.50. The zero-order valence-electron chi connectivity index (χ0n) is 18.7. The van der Waals surface area contributed by atoms with E-state index in [2.05, 4.69) is 86.5 Å². The van der Waals surface area contributed by atoms with Gasteiger partial charge in [0.1, 0.15) is 0 Å². The molecule has 0 bridgehead atoms. The largest absolute Gasteiger partial charge is 0.414 e. The monoisotopic (exact) mass is 375 g/mol. The molecule has 1 unspecified atom stereocenters. The SMILES string of the molecule is CCN(CC)CC(CO[Si](C)(C)C(C)(C)C)O[Si](C)(C)C(C)(C)C. The van der Waals surface area contributed by atoms with Crippen LogP contribution in [0.4, 0.5) is 0 Å². The molecule has 5 heteroatoms. The van der Waals surface area contributed by atoms with Crippen LogP contribution in [-0.2, 0) is 8.85 Å². The van der Waals surface area contributed by atoms with Crippen molar-refractivity contribution in [1.82, 2.24) is 4.90 Å². The third kappa shape index (κ3) is 7.28. The number of hydrogen-bond donors (Lipinski definition) is 0. The van der Waals surface area contributed by atoms with Crippen molar-refractivity contribution >= 4 is 16.6 Å². The molecule has 0 rings (SSSR count). The molecular weight excluding hydrogens is 330 g/mol. The molecule has 0 N–H and O–H groups in total. The number of nitrogens with zero attached hydrogens (tertiary/aromatic N) is 1. The summed E-state index contributed by atoms with van der Waals surface area (Å²) >= 11 is 0. The fraction of sp³-hybridized carbons (Fsp3) is 1.00. The van der Waals surface area contributed by atoms with Crippen LogP contribution in [-0.4, -0.2) is 53.9 Å². The van der Waals surface area contributed by atoms with Gasteiger partial charge < -0.3 is 13.8 Å². The summed E-state index contributed by atoms with van der Waals surface area (Å²) in [7, 11) is -3.54. The van der Waals surface area contributed by atoms with Gasteiger partial charge in [0.15, 0.2) is 16.6 Å². The molecule has 0 saturated heterocycles. The quantitative estimate of drug-likeness (QED) is 0.480. The third-order valence-electron chi connectivity index (χ3n) is 6.06. The summed E-state index contributed by atoms with van der Waals surface area (Å²) < 4.78 is 13.3. The van der Waals surface area contributed by atoms with Crippen LogP contribution < -0.4 is 0 Å². The highest BCUT2D eigenvalue weighted by molar-refractivity contribution is 6.74. The molecule has 0 heterocycles. The number of rotatable bonds is 9. The van der Waals surface area contributed by atoms with Crippen LogP contribution in [0.1, 0.15) is 55.4 Å². The second kappa shape index (κ2) is 8.80. The van der Waals surface area contributed by atoms with Gasteiger partial charge >= 0.3 is 0 Å². The van der Waals surface area contributed by atoms with Gasteiger partial charge in [-0.25, -0.2) is 0 Å². The van der Waals surface area contributed by atoms with Crippen molar-refractivity contribution in [3.63, 3.8) is 0 Å². The summed E-state index contributed by atoms with van der Waals surface area (Å²) in [6.45, 7) is 31.4. The average Bonchev–Trinajstić information content (AvgIpc) is 2.39. The molecule has 0 spiro atoms. The van der Waals surface area contributed by atoms with Gasteiger partial charge in [-0.2, -0.15) is 0 Å². The van der Waals surface area contributed by atoms with Crippen LogP contribution in [0.5, 0.6) is 0 Å². The molecule has 0 amide bonds. The van der Waals surface area contributed by atoms with Crippen molar-refractivity contribution < 1.29 is 8.85 Å². The standard InChI is InChI=1S/C19H45NO2Si2/c1-13-20(14-2)15-17(22-24(11,12)19(6,7)8)16-21-23(9,10)18(3,4)5/h17H,13-16H2,1-12H3. The molecule has 0 radical (unpaired) electrons. The number of likely N-dealkylation sites (N-methyl/N-ethyl adjacent to an activating group) is 1. The van der Waals surface area contributed by atoms with Gasteiger partial charge in [0.25, 0.3) is 0 Å². The molecule has 0 aliphatic carbocycles. The highest BCUT2D eigenvalue weighted by atomic mass is 28.4. The van der Waals surface area contributed by atoms with Gasteiger partial charge in [0.05, 0.1) is 12.7 Å². The summed E-state index contributed by atoms with van der Waals surface area (Å²) in [5.74, 6) is 0. The summed E-state index contributed by atoms with van der Waals surface area (Å²) in [6.07, 6.45) is 0.167. The summed E-state index contributed by atoms with van der Waals surface area (Å²) in [4.78, 5) is 2.45. The normalized spacial score (nSPS) is 15.9. The molecule has 1 atom stereocenters. The van der Waals surface area contributed by atoms with Gasteiger partial charge in [0, 0.05) is 6.54 Å². The minimum Gasteiger partial charge on any atom is -0.414 e. The van der Waals surface area contributed by atoms with Gasteiger partial charge in [-0.05, 0) is 49.4 Å². The lowest BCUT2D eigenvalue weighted by molar-refractivity contribution is 0.0738. The Kier molecular flexibility index (Phi) is 8.92. The van der Waals surface area contributed by atoms with E-state index < -0.39 is 16.6 Å². The van der Waals surface area contributed by atoms with Gasteiger partial charge in [-0.15, -0.1) is 0 Å². The Morgan fingerprint density at radius 1 is 0.792 bits per heavy atom. The topological polar surface area (TPSA) is 21.7 Å². The first-order valence-corrected chi connectivity index (χ1v) is 15.4. The molecule has 146 valence electrons. The molecule has 0 aromatic carbocycles. The van der Waals surface area contributed by atoms with Crippen LogP contribution in [0.2, 0.25) is 36.3 Å². The zero-order valence-corrected chi connectivity index (χ0v) is 20.7. The predicted octanol–water partition coefficient (Wildman–Crippen LogP) is 5.74. The van der Waals surface area contributed by atoms with E-state index in [9.17, 15) is 0 Å². The molecule has 24 heavy (non-hydrogen) atoms. The Morgan fingerprint density at radius 3 is 1.54 bits per heavy atom. The number of hydrogen-bond acceptors (Lipinski definition) is 3. The van der Waals surface area contributed by atoms with Crippen molar-refractivity contribution in [3.8, 4) is 0 Å². The highest BCUT2D eigenvalue weighted by Gasteiger charge is 2.41. The molecule has 0 aromatic heterocycles. The second-order valence-corrected chi connectivity index (χ2v) is 19.6. The lowest BCUT2D eigenvalue weighted by atomic mass is 10.2. The van der Waals surface area contributed by atoms with E-state index in [1.54, 1.807) is 0 Å². The third-order valence-corrected chi connectivity index (χ3v) is 15.1. The first-order valence-electron chi connectivity index (χ1n) is 9.61. The van der Waals surface area contributed by atoms with Crippen molar-refractivity contribution in [1.29, 1.82) is 0 Å². The molecular formula is C19H45NO2Si2. The molecule has 3 nitrogen and oxygen atoms in total. The van der Waals surface area contributed by atoms with Crippen LogP contribution in [0, 0.1) is 0 Å². The van der Waals surface area contributed by atoms with Crippen LogP contribution >= 0.6 is 0 Å². The molecule has 0 fully saturated rings. The minimum atomic E-state index is -1.79. The van der Waals surface area contributed by atoms with E-state index in [0.29, 0.717) is 0 Å². The molecule has 0 aliphatic heterocycles. The Hall–Kier alpha value is 0.314. The molecule has 0 aliphatic rings. The van der Waals surface area contributed by atoms with Crippen LogP contribution in [0.15, 0.2) is 0 Å². The van der Waals surface area contributed by atoms with E-state index in [-0.39, 0.29) is 16.2 Å². The Labute approximate surface area is 154 Å². The highest BCUT2D eigenvalue weighted by Crippen LogP contribution is 2.39. The summed E-state index contributed by atoms with van der Waals surface area (Å²) in [6, 6.07) is 0. The zero-order chi connectivity index (χ0) is 19.4. The Morgan fingerprint density at radius 2 is 1.21 bits per heavy atom. The summed E-state index contributed by atoms with van der Waals surface area (Å²) in [5.41, 5.74) is 0.